The molecule has 27 heavy (non-hydrogen) atoms. The number of imide groups is 1. The Balaban J connectivity index is 1.54. The van der Waals surface area contributed by atoms with E-state index in [4.69, 9.17) is 4.74 Å². The highest BCUT2D eigenvalue weighted by Gasteiger charge is 2.52. The van der Waals surface area contributed by atoms with Crippen molar-refractivity contribution in [2.75, 3.05) is 0 Å². The number of carbonyl (C=O) groups excluding carboxylic acids is 2. The van der Waals surface area contributed by atoms with Gasteiger partial charge in [0, 0.05) is 5.56 Å². The average molecular weight is 364 g/mol. The summed E-state index contributed by atoms with van der Waals surface area (Å²) in [5.74, 6) is 1.88. The number of benzene rings is 2. The maximum absolute atomic E-state index is 13.1. The van der Waals surface area contributed by atoms with E-state index in [9.17, 15) is 9.59 Å². The van der Waals surface area contributed by atoms with Crippen LogP contribution < -0.4 is 10.1 Å². The number of hydrogen-bond acceptors (Lipinski definition) is 3. The molecule has 2 aromatic carbocycles. The topological polar surface area (TPSA) is 58.6 Å². The van der Waals surface area contributed by atoms with Crippen LogP contribution in [0.1, 0.15) is 38.2 Å². The van der Waals surface area contributed by atoms with Gasteiger partial charge in [-0.3, -0.25) is 9.69 Å². The van der Waals surface area contributed by atoms with E-state index in [2.05, 4.69) is 12.2 Å². The highest BCUT2D eigenvalue weighted by Crippen LogP contribution is 2.37. The van der Waals surface area contributed by atoms with E-state index in [1.165, 1.54) is 4.90 Å². The van der Waals surface area contributed by atoms with E-state index in [1.807, 2.05) is 54.6 Å². The minimum absolute atomic E-state index is 0.103. The maximum atomic E-state index is 13.1. The number of nitrogens with one attached hydrogen (secondary N) is 1. The third kappa shape index (κ3) is 3.42. The minimum atomic E-state index is -0.709. The fourth-order valence-corrected chi connectivity index (χ4v) is 3.93. The van der Waals surface area contributed by atoms with Crippen molar-refractivity contribution >= 4 is 11.9 Å². The average Bonchev–Trinajstić information content (AvgIpc) is 2.91. The van der Waals surface area contributed by atoms with E-state index in [-0.39, 0.29) is 18.5 Å². The van der Waals surface area contributed by atoms with Crippen molar-refractivity contribution in [1.29, 1.82) is 0 Å². The van der Waals surface area contributed by atoms with Crippen LogP contribution in [0.25, 0.3) is 0 Å². The van der Waals surface area contributed by atoms with Crippen LogP contribution in [0.4, 0.5) is 4.79 Å². The van der Waals surface area contributed by atoms with Crippen LogP contribution in [0.5, 0.6) is 11.5 Å². The van der Waals surface area contributed by atoms with Crippen molar-refractivity contribution in [3.63, 3.8) is 0 Å². The lowest BCUT2D eigenvalue weighted by molar-refractivity contribution is -0.133. The molecule has 4 rings (SSSR count). The number of rotatable bonds is 4. The summed E-state index contributed by atoms with van der Waals surface area (Å²) < 4.78 is 5.97. The molecule has 1 N–H and O–H groups in total. The first kappa shape index (κ1) is 17.6. The first-order chi connectivity index (χ1) is 13.1. The molecule has 1 aliphatic carbocycles. The van der Waals surface area contributed by atoms with Crippen molar-refractivity contribution in [2.45, 2.75) is 44.7 Å². The maximum Gasteiger partial charge on any atom is 0.325 e. The van der Waals surface area contributed by atoms with Crippen LogP contribution in [0.15, 0.2) is 54.6 Å². The molecule has 1 heterocycles. The summed E-state index contributed by atoms with van der Waals surface area (Å²) in [6.07, 6.45) is 3.37. The van der Waals surface area contributed by atoms with E-state index >= 15 is 0 Å². The number of carbonyl (C=O) groups is 2. The molecule has 2 aromatic rings. The van der Waals surface area contributed by atoms with Crippen LogP contribution >= 0.6 is 0 Å². The van der Waals surface area contributed by atoms with E-state index in [1.54, 1.807) is 0 Å². The fourth-order valence-electron chi connectivity index (χ4n) is 3.93. The van der Waals surface area contributed by atoms with Crippen molar-refractivity contribution in [3.8, 4) is 11.5 Å². The monoisotopic (exact) mass is 364 g/mol. The Kier molecular flexibility index (Phi) is 4.60. The third-order valence-electron chi connectivity index (χ3n) is 5.65. The summed E-state index contributed by atoms with van der Waals surface area (Å²) >= 11 is 0. The Morgan fingerprint density at radius 3 is 2.44 bits per heavy atom. The van der Waals surface area contributed by atoms with Gasteiger partial charge >= 0.3 is 6.03 Å². The lowest BCUT2D eigenvalue weighted by Gasteiger charge is -2.33. The molecular formula is C22H24N2O3. The van der Waals surface area contributed by atoms with Gasteiger partial charge in [0.25, 0.3) is 5.91 Å². The Labute approximate surface area is 159 Å². The normalized spacial score (nSPS) is 24.9. The molecule has 1 aliphatic heterocycles. The molecular weight excluding hydrogens is 340 g/mol. The molecule has 1 saturated carbocycles. The van der Waals surface area contributed by atoms with E-state index in [0.717, 1.165) is 37.0 Å². The van der Waals surface area contributed by atoms with E-state index in [0.29, 0.717) is 11.7 Å². The van der Waals surface area contributed by atoms with Gasteiger partial charge in [0.05, 0.1) is 6.54 Å². The zero-order chi connectivity index (χ0) is 18.9. The quantitative estimate of drug-likeness (QED) is 0.814. The van der Waals surface area contributed by atoms with Crippen molar-refractivity contribution in [1.82, 2.24) is 10.2 Å². The zero-order valence-electron chi connectivity index (χ0n) is 15.5. The highest BCUT2D eigenvalue weighted by atomic mass is 16.5. The Morgan fingerprint density at radius 2 is 1.70 bits per heavy atom. The molecule has 0 aromatic heterocycles. The smallest absolute Gasteiger partial charge is 0.325 e. The van der Waals surface area contributed by atoms with Gasteiger partial charge < -0.3 is 10.1 Å². The molecule has 5 heteroatoms. The summed E-state index contributed by atoms with van der Waals surface area (Å²) in [5, 5.41) is 2.98. The molecule has 2 fully saturated rings. The number of para-hydroxylation sites is 2. The minimum Gasteiger partial charge on any atom is -0.457 e. The van der Waals surface area contributed by atoms with Crippen molar-refractivity contribution < 1.29 is 14.3 Å². The predicted molar refractivity (Wildman–Crippen MR) is 102 cm³/mol. The second kappa shape index (κ2) is 7.06. The molecule has 140 valence electrons. The van der Waals surface area contributed by atoms with Gasteiger partial charge in [-0.1, -0.05) is 43.3 Å². The van der Waals surface area contributed by atoms with Gasteiger partial charge in [-0.25, -0.2) is 4.79 Å². The second-order valence-electron chi connectivity index (χ2n) is 7.61. The first-order valence-corrected chi connectivity index (χ1v) is 9.52. The van der Waals surface area contributed by atoms with Gasteiger partial charge in [0.1, 0.15) is 17.0 Å². The lowest BCUT2D eigenvalue weighted by Crippen LogP contribution is -2.49. The van der Waals surface area contributed by atoms with Gasteiger partial charge in [0.2, 0.25) is 0 Å². The third-order valence-corrected chi connectivity index (χ3v) is 5.65. The molecule has 0 bridgehead atoms. The van der Waals surface area contributed by atoms with Crippen molar-refractivity contribution in [3.05, 3.63) is 60.2 Å². The summed E-state index contributed by atoms with van der Waals surface area (Å²) in [6, 6.07) is 16.7. The Bertz CT molecular complexity index is 842. The SMILES string of the molecule is CC1CCC2(CC1)NC(=O)N(Cc1ccccc1Oc1ccccc1)C2=O. The van der Waals surface area contributed by atoms with Crippen LogP contribution in [0.2, 0.25) is 0 Å². The van der Waals surface area contributed by atoms with Crippen LogP contribution in [-0.2, 0) is 11.3 Å². The number of hydrogen-bond donors (Lipinski definition) is 1. The van der Waals surface area contributed by atoms with Gasteiger partial charge in [-0.2, -0.15) is 0 Å². The Morgan fingerprint density at radius 1 is 1.04 bits per heavy atom. The van der Waals surface area contributed by atoms with Gasteiger partial charge in [-0.05, 0) is 49.8 Å². The highest BCUT2D eigenvalue weighted by molar-refractivity contribution is 6.07. The standard InChI is InChI=1S/C22H24N2O3/c1-16-11-13-22(14-12-16)20(25)24(21(26)23-22)15-17-7-5-6-10-19(17)27-18-8-3-2-4-9-18/h2-10,16H,11-15H2,1H3,(H,23,26). The lowest BCUT2D eigenvalue weighted by atomic mass is 9.77. The molecule has 0 atom stereocenters. The predicted octanol–water partition coefficient (Wildman–Crippen LogP) is 4.48. The summed E-state index contributed by atoms with van der Waals surface area (Å²) in [4.78, 5) is 27.0. The fraction of sp³-hybridized carbons (Fsp3) is 0.364. The molecule has 5 nitrogen and oxygen atoms in total. The summed E-state index contributed by atoms with van der Waals surface area (Å²) in [5.41, 5.74) is 0.102. The van der Waals surface area contributed by atoms with Crippen LogP contribution in [0, 0.1) is 5.92 Å². The zero-order valence-corrected chi connectivity index (χ0v) is 15.5. The number of urea groups is 1. The molecule has 1 spiro atoms. The Hall–Kier alpha value is -2.82. The molecule has 3 amide bonds. The summed E-state index contributed by atoms with van der Waals surface area (Å²) in [6.45, 7) is 2.41. The van der Waals surface area contributed by atoms with Crippen molar-refractivity contribution in [2.24, 2.45) is 5.92 Å². The second-order valence-corrected chi connectivity index (χ2v) is 7.61. The number of ether oxygens (including phenoxy) is 1. The number of amides is 3. The molecule has 0 radical (unpaired) electrons. The molecule has 0 unspecified atom stereocenters. The van der Waals surface area contributed by atoms with Gasteiger partial charge in [0.15, 0.2) is 0 Å². The molecule has 2 aliphatic rings. The molecule has 1 saturated heterocycles. The van der Waals surface area contributed by atoms with Crippen LogP contribution in [0.3, 0.4) is 0 Å². The van der Waals surface area contributed by atoms with Gasteiger partial charge in [-0.15, -0.1) is 0 Å². The van der Waals surface area contributed by atoms with E-state index < -0.39 is 5.54 Å². The van der Waals surface area contributed by atoms with Crippen LogP contribution in [-0.4, -0.2) is 22.4 Å². The number of nitrogens with zero attached hydrogens (tertiary/aromatic N) is 1. The first-order valence-electron chi connectivity index (χ1n) is 9.52. The largest absolute Gasteiger partial charge is 0.457 e. The summed E-state index contributed by atoms with van der Waals surface area (Å²) in [7, 11) is 0.